The molecule has 0 aliphatic rings. The van der Waals surface area contributed by atoms with E-state index in [-0.39, 0.29) is 11.3 Å². The molecule has 0 bridgehead atoms. The van der Waals surface area contributed by atoms with Gasteiger partial charge >= 0.3 is 5.69 Å². The molecule has 2 heterocycles. The third-order valence-electron chi connectivity index (χ3n) is 3.84. The van der Waals surface area contributed by atoms with Crippen molar-refractivity contribution in [3.8, 4) is 17.0 Å². The highest BCUT2D eigenvalue weighted by Gasteiger charge is 2.14. The fraction of sp³-hybridized carbons (Fsp3) is 0.0588. The van der Waals surface area contributed by atoms with Crippen LogP contribution in [0.25, 0.3) is 27.8 Å². The van der Waals surface area contributed by atoms with Gasteiger partial charge in [-0.15, -0.1) is 10.2 Å². The number of aromatic nitrogens is 4. The minimum atomic E-state index is -0.543. The summed E-state index contributed by atoms with van der Waals surface area (Å²) in [6.07, 6.45) is 0. The Morgan fingerprint density at radius 3 is 2.50 bits per heavy atom. The van der Waals surface area contributed by atoms with E-state index in [2.05, 4.69) is 15.2 Å². The predicted octanol–water partition coefficient (Wildman–Crippen LogP) is 1.61. The van der Waals surface area contributed by atoms with Crippen molar-refractivity contribution in [1.29, 1.82) is 0 Å². The molecule has 0 saturated heterocycles. The quantitative estimate of drug-likeness (QED) is 0.567. The lowest BCUT2D eigenvalue weighted by Crippen LogP contribution is -2.31. The minimum absolute atomic E-state index is 0.107. The zero-order valence-electron chi connectivity index (χ0n) is 12.7. The van der Waals surface area contributed by atoms with Crippen LogP contribution in [0.1, 0.15) is 0 Å². The molecule has 0 spiro atoms. The molecule has 0 amide bonds. The first-order valence-electron chi connectivity index (χ1n) is 7.24. The Morgan fingerprint density at radius 2 is 1.75 bits per heavy atom. The normalized spacial score (nSPS) is 11.0. The Labute approximate surface area is 135 Å². The van der Waals surface area contributed by atoms with Crippen molar-refractivity contribution in [3.05, 3.63) is 69.4 Å². The molecule has 4 rings (SSSR count). The summed E-state index contributed by atoms with van der Waals surface area (Å²) in [6.45, 7) is 0. The largest absolute Gasteiger partial charge is 0.497 e. The number of H-pyrrole nitrogens is 1. The van der Waals surface area contributed by atoms with Gasteiger partial charge in [0.25, 0.3) is 5.56 Å². The van der Waals surface area contributed by atoms with E-state index in [1.54, 1.807) is 49.6 Å². The number of nitrogens with zero attached hydrogens (tertiary/aromatic N) is 3. The summed E-state index contributed by atoms with van der Waals surface area (Å²) in [5.74, 6) is 0.663. The van der Waals surface area contributed by atoms with E-state index in [9.17, 15) is 9.59 Å². The number of rotatable bonds is 2. The second-order valence-corrected chi connectivity index (χ2v) is 5.22. The number of hydrogen-bond acceptors (Lipinski definition) is 5. The minimum Gasteiger partial charge on any atom is -0.497 e. The fourth-order valence-electron chi connectivity index (χ4n) is 2.64. The maximum Gasteiger partial charge on any atom is 0.334 e. The topological polar surface area (TPSA) is 89.3 Å². The van der Waals surface area contributed by atoms with Crippen LogP contribution in [0.2, 0.25) is 0 Å². The van der Waals surface area contributed by atoms with E-state index in [1.807, 2.05) is 6.07 Å². The standard InChI is InChI=1S/C17H12N4O3/c1-24-11-8-6-10(7-9-11)14-16(22)21-15(20-19-14)12-4-2-3-5-13(12)18-17(21)23/h2-9H,1H3,(H,18,23). The van der Waals surface area contributed by atoms with Crippen LogP contribution in [-0.2, 0) is 0 Å². The van der Waals surface area contributed by atoms with E-state index in [0.29, 0.717) is 22.2 Å². The first kappa shape index (κ1) is 14.1. The van der Waals surface area contributed by atoms with Gasteiger partial charge in [-0.05, 0) is 36.4 Å². The van der Waals surface area contributed by atoms with E-state index in [4.69, 9.17) is 4.74 Å². The maximum atomic E-state index is 12.8. The summed E-state index contributed by atoms with van der Waals surface area (Å²) in [4.78, 5) is 27.8. The van der Waals surface area contributed by atoms with Crippen LogP contribution >= 0.6 is 0 Å². The van der Waals surface area contributed by atoms with Crippen LogP contribution in [0.4, 0.5) is 0 Å². The summed E-state index contributed by atoms with van der Waals surface area (Å²) in [5.41, 5.74) is 0.451. The summed E-state index contributed by atoms with van der Waals surface area (Å²) in [6, 6.07) is 14.0. The molecular weight excluding hydrogens is 308 g/mol. The Balaban J connectivity index is 2.04. The molecule has 0 saturated carbocycles. The maximum absolute atomic E-state index is 12.8. The highest BCUT2D eigenvalue weighted by atomic mass is 16.5. The molecule has 4 aromatic rings. The van der Waals surface area contributed by atoms with E-state index < -0.39 is 11.2 Å². The molecule has 0 unspecified atom stereocenters. The van der Waals surface area contributed by atoms with Crippen molar-refractivity contribution in [2.24, 2.45) is 0 Å². The molecule has 0 atom stereocenters. The van der Waals surface area contributed by atoms with Crippen LogP contribution in [0.5, 0.6) is 5.75 Å². The van der Waals surface area contributed by atoms with Gasteiger partial charge in [-0.25, -0.2) is 9.20 Å². The third kappa shape index (κ3) is 2.06. The lowest BCUT2D eigenvalue weighted by Gasteiger charge is -2.06. The molecule has 7 heteroatoms. The van der Waals surface area contributed by atoms with Gasteiger partial charge in [-0.3, -0.25) is 4.79 Å². The lowest BCUT2D eigenvalue weighted by molar-refractivity contribution is 0.415. The average Bonchev–Trinajstić information content (AvgIpc) is 2.62. The van der Waals surface area contributed by atoms with E-state index in [1.165, 1.54) is 0 Å². The number of aromatic amines is 1. The Kier molecular flexibility index (Phi) is 3.13. The van der Waals surface area contributed by atoms with Crippen molar-refractivity contribution < 1.29 is 4.74 Å². The molecule has 118 valence electrons. The summed E-state index contributed by atoms with van der Waals surface area (Å²) in [7, 11) is 1.56. The molecule has 24 heavy (non-hydrogen) atoms. The van der Waals surface area contributed by atoms with Crippen LogP contribution < -0.4 is 16.0 Å². The van der Waals surface area contributed by atoms with Crippen molar-refractivity contribution in [2.75, 3.05) is 7.11 Å². The predicted molar refractivity (Wildman–Crippen MR) is 89.4 cm³/mol. The molecule has 2 aromatic carbocycles. The fourth-order valence-corrected chi connectivity index (χ4v) is 2.64. The first-order valence-corrected chi connectivity index (χ1v) is 7.24. The number of methoxy groups -OCH3 is 1. The SMILES string of the molecule is COc1ccc(-c2nnc3c4ccccc4[nH]c(=O)n3c2=O)cc1. The van der Waals surface area contributed by atoms with Crippen molar-refractivity contribution in [3.63, 3.8) is 0 Å². The van der Waals surface area contributed by atoms with Crippen LogP contribution in [-0.4, -0.2) is 26.7 Å². The number of nitrogens with one attached hydrogen (secondary N) is 1. The average molecular weight is 320 g/mol. The molecular formula is C17H12N4O3. The van der Waals surface area contributed by atoms with Crippen LogP contribution in [0.3, 0.4) is 0 Å². The van der Waals surface area contributed by atoms with Gasteiger partial charge in [0.1, 0.15) is 5.75 Å². The van der Waals surface area contributed by atoms with Crippen molar-refractivity contribution in [1.82, 2.24) is 19.6 Å². The second kappa shape index (κ2) is 5.31. The third-order valence-corrected chi connectivity index (χ3v) is 3.84. The van der Waals surface area contributed by atoms with Gasteiger partial charge in [0.2, 0.25) is 0 Å². The molecule has 7 nitrogen and oxygen atoms in total. The number of fused-ring (bicyclic) bond motifs is 3. The van der Waals surface area contributed by atoms with Crippen molar-refractivity contribution >= 4 is 16.6 Å². The van der Waals surface area contributed by atoms with Gasteiger partial charge in [0.05, 0.1) is 12.6 Å². The first-order chi connectivity index (χ1) is 11.7. The van der Waals surface area contributed by atoms with Gasteiger partial charge in [0, 0.05) is 10.9 Å². The lowest BCUT2D eigenvalue weighted by atomic mass is 10.1. The molecule has 0 fully saturated rings. The molecule has 2 aromatic heterocycles. The molecule has 0 aliphatic heterocycles. The second-order valence-electron chi connectivity index (χ2n) is 5.22. The summed E-state index contributed by atoms with van der Waals surface area (Å²) >= 11 is 0. The highest BCUT2D eigenvalue weighted by molar-refractivity contribution is 5.90. The van der Waals surface area contributed by atoms with Crippen LogP contribution in [0, 0.1) is 0 Å². The van der Waals surface area contributed by atoms with Gasteiger partial charge in [-0.1, -0.05) is 12.1 Å². The van der Waals surface area contributed by atoms with Gasteiger partial charge < -0.3 is 9.72 Å². The number of ether oxygens (including phenoxy) is 1. The van der Waals surface area contributed by atoms with Crippen molar-refractivity contribution in [2.45, 2.75) is 0 Å². The van der Waals surface area contributed by atoms with Gasteiger partial charge in [0.15, 0.2) is 11.3 Å². The number of benzene rings is 2. The van der Waals surface area contributed by atoms with E-state index in [0.717, 1.165) is 4.40 Å². The Hall–Kier alpha value is -3.48. The monoisotopic (exact) mass is 320 g/mol. The molecule has 0 aliphatic carbocycles. The van der Waals surface area contributed by atoms with Gasteiger partial charge in [-0.2, -0.15) is 0 Å². The highest BCUT2D eigenvalue weighted by Crippen LogP contribution is 2.18. The number of hydrogen-bond donors (Lipinski definition) is 1. The molecule has 0 radical (unpaired) electrons. The summed E-state index contributed by atoms with van der Waals surface area (Å²) < 4.78 is 6.11. The number of para-hydroxylation sites is 1. The Morgan fingerprint density at radius 1 is 1.00 bits per heavy atom. The zero-order chi connectivity index (χ0) is 16.7. The Bertz CT molecular complexity index is 1180. The van der Waals surface area contributed by atoms with Crippen LogP contribution in [0.15, 0.2) is 58.1 Å². The summed E-state index contributed by atoms with van der Waals surface area (Å²) in [5, 5.41) is 8.81. The smallest absolute Gasteiger partial charge is 0.334 e. The zero-order valence-corrected chi connectivity index (χ0v) is 12.7. The van der Waals surface area contributed by atoms with E-state index >= 15 is 0 Å². The molecule has 1 N–H and O–H groups in total.